The van der Waals surface area contributed by atoms with E-state index in [-0.39, 0.29) is 11.3 Å². The molecule has 7 heteroatoms. The third-order valence-electron chi connectivity index (χ3n) is 3.62. The second-order valence-corrected chi connectivity index (χ2v) is 6.15. The number of carbonyl (C=O) groups excluding carboxylic acids is 1. The fourth-order valence-corrected chi connectivity index (χ4v) is 2.28. The molecule has 5 nitrogen and oxygen atoms in total. The number of halogens is 1. The number of carbonyl (C=O) groups is 1. The van der Waals surface area contributed by atoms with E-state index in [1.165, 1.54) is 38.5 Å². The van der Waals surface area contributed by atoms with Crippen LogP contribution in [-0.4, -0.2) is 24.7 Å². The Morgan fingerprint density at radius 1 is 1.33 bits per heavy atom. The van der Waals surface area contributed by atoms with Crippen LogP contribution in [0, 0.1) is 11.7 Å². The van der Waals surface area contributed by atoms with Crippen LogP contribution in [0.25, 0.3) is 0 Å². The van der Waals surface area contributed by atoms with Crippen molar-refractivity contribution in [3.63, 3.8) is 0 Å². The van der Waals surface area contributed by atoms with Gasteiger partial charge in [0, 0.05) is 12.1 Å². The van der Waals surface area contributed by atoms with Crippen molar-refractivity contribution in [3.8, 4) is 5.75 Å². The maximum absolute atomic E-state index is 13.6. The molecule has 0 aliphatic carbocycles. The predicted octanol–water partition coefficient (Wildman–Crippen LogP) is 3.16. The minimum atomic E-state index is -0.591. The first-order valence-corrected chi connectivity index (χ1v) is 8.56. The summed E-state index contributed by atoms with van der Waals surface area (Å²) in [7, 11) is 1.37. The monoisotopic (exact) mass is 355 g/mol. The zero-order valence-electron chi connectivity index (χ0n) is 14.4. The van der Waals surface area contributed by atoms with Gasteiger partial charge in [-0.2, -0.15) is 0 Å². The molecule has 24 heavy (non-hydrogen) atoms. The number of hydrogen-bond donors (Lipinski definition) is 3. The number of thiocarbonyl (C=S) groups is 1. The number of hydrogen-bond acceptors (Lipinski definition) is 3. The summed E-state index contributed by atoms with van der Waals surface area (Å²) in [4.78, 5) is 11.9. The molecule has 0 aliphatic heterocycles. The maximum Gasteiger partial charge on any atom is 0.269 e. The highest BCUT2D eigenvalue weighted by molar-refractivity contribution is 7.80. The van der Waals surface area contributed by atoms with Crippen molar-refractivity contribution in [2.24, 2.45) is 5.92 Å². The quantitative estimate of drug-likeness (QED) is 0.380. The number of amides is 1. The number of nitrogens with one attached hydrogen (secondary N) is 3. The van der Waals surface area contributed by atoms with Crippen LogP contribution < -0.4 is 20.9 Å². The Kier molecular flexibility index (Phi) is 9.07. The molecule has 0 aliphatic rings. The number of ether oxygens (including phenoxy) is 1. The average Bonchev–Trinajstić information content (AvgIpc) is 2.58. The summed E-state index contributed by atoms with van der Waals surface area (Å²) in [5.41, 5.74) is 5.24. The summed E-state index contributed by atoms with van der Waals surface area (Å²) in [5, 5.41) is 3.39. The molecule has 0 aromatic heterocycles. The second-order valence-electron chi connectivity index (χ2n) is 5.74. The Balaban J connectivity index is 2.33. The number of rotatable bonds is 8. The maximum atomic E-state index is 13.6. The summed E-state index contributed by atoms with van der Waals surface area (Å²) < 4.78 is 18.4. The van der Waals surface area contributed by atoms with Crippen LogP contribution in [0.4, 0.5) is 4.39 Å². The first-order valence-electron chi connectivity index (χ1n) is 8.15. The first kappa shape index (κ1) is 20.2. The third-order valence-corrected chi connectivity index (χ3v) is 3.86. The molecular weight excluding hydrogens is 329 g/mol. The predicted molar refractivity (Wildman–Crippen MR) is 97.5 cm³/mol. The third kappa shape index (κ3) is 7.12. The van der Waals surface area contributed by atoms with Crippen molar-refractivity contribution in [2.45, 2.75) is 39.5 Å². The van der Waals surface area contributed by atoms with Crippen molar-refractivity contribution in [1.29, 1.82) is 0 Å². The van der Waals surface area contributed by atoms with Gasteiger partial charge in [-0.1, -0.05) is 33.1 Å². The van der Waals surface area contributed by atoms with E-state index in [2.05, 4.69) is 30.0 Å². The number of methoxy groups -OCH3 is 1. The summed E-state index contributed by atoms with van der Waals surface area (Å²) >= 11 is 5.11. The molecule has 1 atom stereocenters. The molecule has 3 N–H and O–H groups in total. The Bertz CT molecular complexity index is 555. The minimum absolute atomic E-state index is 0.0914. The highest BCUT2D eigenvalue weighted by Crippen LogP contribution is 2.17. The molecule has 0 bridgehead atoms. The molecular formula is C17H26FN3O2S. The van der Waals surface area contributed by atoms with Gasteiger partial charge in [0.1, 0.15) is 0 Å². The highest BCUT2D eigenvalue weighted by Gasteiger charge is 2.10. The first-order chi connectivity index (χ1) is 11.5. The van der Waals surface area contributed by atoms with E-state index in [9.17, 15) is 9.18 Å². The van der Waals surface area contributed by atoms with Crippen LogP contribution in [0.2, 0.25) is 0 Å². The summed E-state index contributed by atoms with van der Waals surface area (Å²) in [6.07, 6.45) is 4.79. The van der Waals surface area contributed by atoms with Crippen LogP contribution in [0.1, 0.15) is 49.9 Å². The van der Waals surface area contributed by atoms with Crippen LogP contribution >= 0.6 is 12.2 Å². The molecule has 1 amide bonds. The summed E-state index contributed by atoms with van der Waals surface area (Å²) in [5.74, 6) is -0.472. The lowest BCUT2D eigenvalue weighted by atomic mass is 10.0. The van der Waals surface area contributed by atoms with Gasteiger partial charge in [0.05, 0.1) is 7.11 Å². The second kappa shape index (κ2) is 10.8. The van der Waals surface area contributed by atoms with Crippen LogP contribution in [0.3, 0.4) is 0 Å². The Morgan fingerprint density at radius 3 is 2.71 bits per heavy atom. The van der Waals surface area contributed by atoms with Gasteiger partial charge in [0.15, 0.2) is 16.7 Å². The van der Waals surface area contributed by atoms with Gasteiger partial charge >= 0.3 is 0 Å². The van der Waals surface area contributed by atoms with Gasteiger partial charge in [-0.05, 0) is 42.8 Å². The van der Waals surface area contributed by atoms with E-state index in [0.717, 1.165) is 19.0 Å². The minimum Gasteiger partial charge on any atom is -0.494 e. The Hall–Kier alpha value is -1.89. The van der Waals surface area contributed by atoms with Crippen molar-refractivity contribution in [3.05, 3.63) is 29.6 Å². The standard InChI is InChI=1S/C17H26FN3O2S/c1-4-5-6-7-12(2)11-19-17(24)21-20-16(22)13-8-9-15(23-3)14(18)10-13/h8-10,12H,4-7,11H2,1-3H3,(H,20,22)(H2,19,21,24)/t12-/m1/s1. The highest BCUT2D eigenvalue weighted by atomic mass is 32.1. The largest absolute Gasteiger partial charge is 0.494 e. The molecule has 0 unspecified atom stereocenters. The molecule has 0 radical (unpaired) electrons. The smallest absolute Gasteiger partial charge is 0.269 e. The molecule has 0 saturated carbocycles. The van der Waals surface area contributed by atoms with Crippen molar-refractivity contribution >= 4 is 23.2 Å². The zero-order chi connectivity index (χ0) is 17.9. The molecule has 0 fully saturated rings. The number of unbranched alkanes of at least 4 members (excludes halogenated alkanes) is 2. The topological polar surface area (TPSA) is 62.4 Å². The van der Waals surface area contributed by atoms with Gasteiger partial charge in [0.2, 0.25) is 0 Å². The number of hydrazine groups is 1. The molecule has 1 aromatic carbocycles. The zero-order valence-corrected chi connectivity index (χ0v) is 15.3. The molecule has 1 aromatic rings. The van der Waals surface area contributed by atoms with Crippen molar-refractivity contribution < 1.29 is 13.9 Å². The lowest BCUT2D eigenvalue weighted by Gasteiger charge is -2.15. The molecule has 0 heterocycles. The van der Waals surface area contributed by atoms with Crippen LogP contribution in [0.15, 0.2) is 18.2 Å². The lowest BCUT2D eigenvalue weighted by Crippen LogP contribution is -2.47. The van der Waals surface area contributed by atoms with E-state index in [4.69, 9.17) is 17.0 Å². The summed E-state index contributed by atoms with van der Waals surface area (Å²) in [6.45, 7) is 5.08. The molecule has 134 valence electrons. The normalized spacial score (nSPS) is 11.5. The van der Waals surface area contributed by atoms with Crippen LogP contribution in [-0.2, 0) is 0 Å². The van der Waals surface area contributed by atoms with Gasteiger partial charge in [-0.25, -0.2) is 4.39 Å². The Labute approximate surface area is 148 Å². The van der Waals surface area contributed by atoms with Gasteiger partial charge in [-0.15, -0.1) is 0 Å². The fourth-order valence-electron chi connectivity index (χ4n) is 2.15. The number of benzene rings is 1. The molecule has 1 rings (SSSR count). The van der Waals surface area contributed by atoms with E-state index in [0.29, 0.717) is 11.0 Å². The van der Waals surface area contributed by atoms with Crippen molar-refractivity contribution in [1.82, 2.24) is 16.2 Å². The van der Waals surface area contributed by atoms with Gasteiger partial charge < -0.3 is 10.1 Å². The van der Waals surface area contributed by atoms with Gasteiger partial charge in [0.25, 0.3) is 5.91 Å². The van der Waals surface area contributed by atoms with E-state index < -0.39 is 11.7 Å². The SMILES string of the molecule is CCCCC[C@@H](C)CNC(=S)NNC(=O)c1ccc(OC)c(F)c1. The molecule has 0 saturated heterocycles. The Morgan fingerprint density at radius 2 is 2.08 bits per heavy atom. The molecule has 0 spiro atoms. The average molecular weight is 355 g/mol. The van der Waals surface area contributed by atoms with Gasteiger partial charge in [-0.3, -0.25) is 15.6 Å². The fraction of sp³-hybridized carbons (Fsp3) is 0.529. The van der Waals surface area contributed by atoms with E-state index in [1.807, 2.05) is 0 Å². The van der Waals surface area contributed by atoms with Crippen LogP contribution in [0.5, 0.6) is 5.75 Å². The summed E-state index contributed by atoms with van der Waals surface area (Å²) in [6, 6.07) is 3.99. The van der Waals surface area contributed by atoms with E-state index >= 15 is 0 Å². The van der Waals surface area contributed by atoms with Crippen molar-refractivity contribution in [2.75, 3.05) is 13.7 Å². The lowest BCUT2D eigenvalue weighted by molar-refractivity contribution is 0.0943. The van der Waals surface area contributed by atoms with E-state index in [1.54, 1.807) is 0 Å².